The summed E-state index contributed by atoms with van der Waals surface area (Å²) in [5.74, 6) is 0.999. The first-order valence-electron chi connectivity index (χ1n) is 12.6. The lowest BCUT2D eigenvalue weighted by Gasteiger charge is -2.32. The van der Waals surface area contributed by atoms with Crippen LogP contribution >= 0.6 is 11.1 Å². The molecule has 1 unspecified atom stereocenters. The minimum Gasteiger partial charge on any atom is -0.496 e. The number of hydrogen-bond donors (Lipinski definition) is 0. The van der Waals surface area contributed by atoms with Crippen LogP contribution in [0, 0.1) is 0 Å². The Morgan fingerprint density at radius 2 is 1.38 bits per heavy atom. The van der Waals surface area contributed by atoms with E-state index in [0.29, 0.717) is 5.54 Å². The molecule has 1 nitrogen and oxygen atoms in total. The molecule has 2 aromatic carbocycles. The lowest BCUT2D eigenvalue weighted by Crippen LogP contribution is -2.28. The van der Waals surface area contributed by atoms with Crippen molar-refractivity contribution in [2.24, 2.45) is 0 Å². The van der Waals surface area contributed by atoms with Crippen molar-refractivity contribution in [2.75, 3.05) is 7.11 Å². The second-order valence-corrected chi connectivity index (χ2v) is 20.4. The maximum atomic E-state index is 7.14. The number of methoxy groups -OCH3 is 1. The summed E-state index contributed by atoms with van der Waals surface area (Å²) >= 11 is 7.14. The molecule has 0 N–H and O–H groups in total. The molecule has 0 saturated heterocycles. The lowest BCUT2D eigenvalue weighted by molar-refractivity contribution is 0.399. The number of fused-ring (bicyclic) bond motifs is 1. The molecule has 0 spiro atoms. The molecule has 0 radical (unpaired) electrons. The molecule has 0 amide bonds. The first kappa shape index (κ1) is 27.1. The standard InChI is InChI=1S/C31H45ClOSi/c1-19-16-22-23(28(19)34(12,13)32)18-25(31(8,9)10)27(33-11)26(22)21-15-14-20(29(2,3)4)17-24(21)30(5,6)7/h14-18,28H,1-13H3. The van der Waals surface area contributed by atoms with E-state index in [1.165, 1.54) is 44.5 Å². The highest BCUT2D eigenvalue weighted by Crippen LogP contribution is 2.53. The van der Waals surface area contributed by atoms with Crippen molar-refractivity contribution in [3.63, 3.8) is 0 Å². The number of rotatable bonds is 3. The summed E-state index contributed by atoms with van der Waals surface area (Å²) in [5.41, 5.74) is 10.9. The quantitative estimate of drug-likeness (QED) is 0.303. The van der Waals surface area contributed by atoms with Crippen LogP contribution in [-0.4, -0.2) is 14.5 Å². The van der Waals surface area contributed by atoms with Gasteiger partial charge in [-0.1, -0.05) is 111 Å². The number of hydrogen-bond acceptors (Lipinski definition) is 1. The first-order valence-corrected chi connectivity index (χ1v) is 16.6. The van der Waals surface area contributed by atoms with Crippen LogP contribution in [0.5, 0.6) is 5.75 Å². The molecule has 186 valence electrons. The van der Waals surface area contributed by atoms with Crippen molar-refractivity contribution in [3.8, 4) is 16.9 Å². The average molecular weight is 497 g/mol. The van der Waals surface area contributed by atoms with Crippen LogP contribution in [0.3, 0.4) is 0 Å². The second kappa shape index (κ2) is 8.56. The Morgan fingerprint density at radius 1 is 0.824 bits per heavy atom. The molecule has 34 heavy (non-hydrogen) atoms. The van der Waals surface area contributed by atoms with Crippen molar-refractivity contribution in [1.29, 1.82) is 0 Å². The minimum atomic E-state index is -1.99. The maximum absolute atomic E-state index is 7.14. The van der Waals surface area contributed by atoms with Crippen LogP contribution in [0.1, 0.15) is 103 Å². The van der Waals surface area contributed by atoms with E-state index >= 15 is 0 Å². The molecule has 0 heterocycles. The summed E-state index contributed by atoms with van der Waals surface area (Å²) in [5, 5.41) is 0. The largest absolute Gasteiger partial charge is 0.496 e. The molecule has 0 fully saturated rings. The van der Waals surface area contributed by atoms with Gasteiger partial charge in [0.1, 0.15) is 5.75 Å². The van der Waals surface area contributed by atoms with Crippen LogP contribution in [0.25, 0.3) is 17.2 Å². The van der Waals surface area contributed by atoms with Gasteiger partial charge in [-0.25, -0.2) is 0 Å². The van der Waals surface area contributed by atoms with E-state index in [0.717, 1.165) is 5.75 Å². The van der Waals surface area contributed by atoms with Crippen LogP contribution in [0.2, 0.25) is 13.1 Å². The predicted molar refractivity (Wildman–Crippen MR) is 154 cm³/mol. The molecule has 1 atom stereocenters. The summed E-state index contributed by atoms with van der Waals surface area (Å²) in [6, 6.07) is 9.47. The summed E-state index contributed by atoms with van der Waals surface area (Å²) < 4.78 is 6.25. The number of ether oxygens (including phenoxy) is 1. The summed E-state index contributed by atoms with van der Waals surface area (Å²) in [4.78, 5) is 0. The third-order valence-corrected chi connectivity index (χ3v) is 9.95. The third-order valence-electron chi connectivity index (χ3n) is 7.15. The maximum Gasteiger partial charge on any atom is 0.161 e. The molecule has 0 bridgehead atoms. The van der Waals surface area contributed by atoms with E-state index in [9.17, 15) is 0 Å². The van der Waals surface area contributed by atoms with E-state index in [1.54, 1.807) is 0 Å². The molecule has 0 aliphatic heterocycles. The highest BCUT2D eigenvalue weighted by Gasteiger charge is 2.40. The highest BCUT2D eigenvalue weighted by atomic mass is 35.6. The summed E-state index contributed by atoms with van der Waals surface area (Å²) in [7, 11) is -0.169. The Bertz CT molecular complexity index is 1130. The van der Waals surface area contributed by atoms with E-state index in [4.69, 9.17) is 15.8 Å². The van der Waals surface area contributed by atoms with Crippen molar-refractivity contribution < 1.29 is 4.74 Å². The van der Waals surface area contributed by atoms with Gasteiger partial charge in [-0.2, -0.15) is 11.1 Å². The Labute approximate surface area is 214 Å². The first-order chi connectivity index (χ1) is 15.3. The SMILES string of the molecule is COc1c(C(C)(C)C)cc2c(c1-c1ccc(C(C)(C)C)cc1C(C)(C)C)C=C(C)C2[Si](C)(C)Cl. The molecule has 3 rings (SSSR count). The number of allylic oxidation sites excluding steroid dienone is 1. The Hall–Kier alpha value is -1.51. The molecular formula is C31H45ClOSi. The fourth-order valence-corrected chi connectivity index (χ4v) is 8.46. The summed E-state index contributed by atoms with van der Waals surface area (Å²) in [6.07, 6.45) is 2.38. The lowest BCUT2D eigenvalue weighted by atomic mass is 9.75. The van der Waals surface area contributed by atoms with Crippen LogP contribution in [-0.2, 0) is 16.2 Å². The molecule has 1 aliphatic carbocycles. The molecule has 0 aromatic heterocycles. The molecule has 3 heteroatoms. The number of halogens is 1. The predicted octanol–water partition coefficient (Wildman–Crippen LogP) is 9.74. The van der Waals surface area contributed by atoms with E-state index in [2.05, 4.69) is 113 Å². The van der Waals surface area contributed by atoms with Crippen LogP contribution in [0.4, 0.5) is 0 Å². The van der Waals surface area contributed by atoms with Gasteiger partial charge >= 0.3 is 0 Å². The average Bonchev–Trinajstić information content (AvgIpc) is 2.99. The smallest absolute Gasteiger partial charge is 0.161 e. The van der Waals surface area contributed by atoms with Crippen LogP contribution < -0.4 is 4.74 Å². The minimum absolute atomic E-state index is 0.0104. The third kappa shape index (κ3) is 4.91. The second-order valence-electron chi connectivity index (χ2n) is 13.7. The Morgan fingerprint density at radius 3 is 1.82 bits per heavy atom. The zero-order valence-electron chi connectivity index (χ0n) is 23.8. The van der Waals surface area contributed by atoms with E-state index < -0.39 is 7.38 Å². The van der Waals surface area contributed by atoms with E-state index in [-0.39, 0.29) is 16.2 Å². The topological polar surface area (TPSA) is 9.23 Å². The van der Waals surface area contributed by atoms with Gasteiger partial charge in [-0.05, 0) is 51.0 Å². The summed E-state index contributed by atoms with van der Waals surface area (Å²) in [6.45, 7) is 27.4. The van der Waals surface area contributed by atoms with Gasteiger partial charge in [0, 0.05) is 16.7 Å². The monoisotopic (exact) mass is 496 g/mol. The Kier molecular flexibility index (Phi) is 6.81. The molecule has 1 aliphatic rings. The molecular weight excluding hydrogens is 452 g/mol. The fraction of sp³-hybridized carbons (Fsp3) is 0.548. The van der Waals surface area contributed by atoms with Crippen molar-refractivity contribution in [2.45, 2.75) is 104 Å². The van der Waals surface area contributed by atoms with Gasteiger partial charge in [0.2, 0.25) is 0 Å². The van der Waals surface area contributed by atoms with Crippen LogP contribution in [0.15, 0.2) is 29.8 Å². The van der Waals surface area contributed by atoms with Gasteiger partial charge in [0.15, 0.2) is 7.38 Å². The Balaban J connectivity index is 2.52. The molecule has 0 saturated carbocycles. The van der Waals surface area contributed by atoms with Gasteiger partial charge in [-0.3, -0.25) is 0 Å². The van der Waals surface area contributed by atoms with Crippen molar-refractivity contribution in [1.82, 2.24) is 0 Å². The zero-order valence-corrected chi connectivity index (χ0v) is 25.5. The normalized spacial score (nSPS) is 17.0. The number of benzene rings is 2. The van der Waals surface area contributed by atoms with Crippen molar-refractivity contribution in [3.05, 3.63) is 57.7 Å². The highest BCUT2D eigenvalue weighted by molar-refractivity contribution is 7.20. The molecule has 2 aromatic rings. The fourth-order valence-electron chi connectivity index (χ4n) is 5.45. The van der Waals surface area contributed by atoms with Gasteiger partial charge in [0.25, 0.3) is 0 Å². The van der Waals surface area contributed by atoms with Gasteiger partial charge in [0.05, 0.1) is 7.11 Å². The zero-order chi connectivity index (χ0) is 26.0. The van der Waals surface area contributed by atoms with Gasteiger partial charge in [-0.15, -0.1) is 0 Å². The van der Waals surface area contributed by atoms with Crippen molar-refractivity contribution >= 4 is 24.5 Å². The van der Waals surface area contributed by atoms with E-state index in [1.807, 2.05) is 7.11 Å². The van der Waals surface area contributed by atoms with Gasteiger partial charge < -0.3 is 4.74 Å².